The third kappa shape index (κ3) is 3.33. The summed E-state index contributed by atoms with van der Waals surface area (Å²) < 4.78 is 4.89. The molecule has 3 rings (SSSR count). The van der Waals surface area contributed by atoms with Gasteiger partial charge < -0.3 is 14.7 Å². The number of hydrogen-bond acceptors (Lipinski definition) is 4. The maximum absolute atomic E-state index is 12.3. The quantitative estimate of drug-likeness (QED) is 0.918. The van der Waals surface area contributed by atoms with Gasteiger partial charge in [0.25, 0.3) is 0 Å². The predicted molar refractivity (Wildman–Crippen MR) is 86.8 cm³/mol. The third-order valence-electron chi connectivity index (χ3n) is 3.57. The van der Waals surface area contributed by atoms with Crippen molar-refractivity contribution in [2.24, 2.45) is 5.92 Å². The Balaban J connectivity index is 1.74. The van der Waals surface area contributed by atoms with E-state index in [9.17, 15) is 9.59 Å². The summed E-state index contributed by atoms with van der Waals surface area (Å²) in [4.78, 5) is 26.0. The topological polar surface area (TPSA) is 75.4 Å². The third-order valence-corrected chi connectivity index (χ3v) is 4.13. The average molecular weight is 354 g/mol. The lowest BCUT2D eigenvalue weighted by Gasteiger charge is -2.18. The van der Waals surface area contributed by atoms with Crippen LogP contribution in [0.25, 0.3) is 0 Å². The molecule has 2 amide bonds. The number of halogens is 2. The molecule has 120 valence electrons. The number of nitrogens with one attached hydrogen (secondary N) is 1. The van der Waals surface area contributed by atoms with Gasteiger partial charge in [0.05, 0.1) is 16.6 Å². The fourth-order valence-corrected chi connectivity index (χ4v) is 2.85. The van der Waals surface area contributed by atoms with E-state index in [1.165, 1.54) is 4.90 Å². The number of amides is 2. The zero-order chi connectivity index (χ0) is 16.6. The number of hydrogen-bond donors (Lipinski definition) is 1. The van der Waals surface area contributed by atoms with Crippen LogP contribution in [0.2, 0.25) is 10.0 Å². The number of benzene rings is 1. The van der Waals surface area contributed by atoms with Crippen molar-refractivity contribution >= 4 is 46.5 Å². The normalized spacial score (nSPS) is 17.6. The van der Waals surface area contributed by atoms with Crippen molar-refractivity contribution in [1.82, 2.24) is 5.16 Å². The molecule has 1 atom stereocenters. The second-order valence-corrected chi connectivity index (χ2v) is 6.16. The Morgan fingerprint density at radius 2 is 2.17 bits per heavy atom. The fourth-order valence-electron chi connectivity index (χ4n) is 2.46. The summed E-state index contributed by atoms with van der Waals surface area (Å²) >= 11 is 12.1. The maximum Gasteiger partial charge on any atom is 0.231 e. The van der Waals surface area contributed by atoms with E-state index < -0.39 is 5.92 Å². The molecule has 1 fully saturated rings. The minimum Gasteiger partial charge on any atom is -0.360 e. The van der Waals surface area contributed by atoms with E-state index in [1.807, 2.05) is 0 Å². The van der Waals surface area contributed by atoms with Crippen molar-refractivity contribution in [2.75, 3.05) is 16.8 Å². The summed E-state index contributed by atoms with van der Waals surface area (Å²) in [6, 6.07) is 6.49. The van der Waals surface area contributed by atoms with Crippen LogP contribution in [-0.4, -0.2) is 23.5 Å². The number of carbonyl (C=O) groups is 2. The lowest BCUT2D eigenvalue weighted by atomic mass is 10.1. The van der Waals surface area contributed by atoms with Crippen molar-refractivity contribution in [3.05, 3.63) is 40.1 Å². The molecule has 0 saturated carbocycles. The van der Waals surface area contributed by atoms with Crippen LogP contribution in [0.1, 0.15) is 12.2 Å². The van der Waals surface area contributed by atoms with Crippen LogP contribution in [0.5, 0.6) is 0 Å². The minimum absolute atomic E-state index is 0.103. The Hall–Kier alpha value is -2.05. The van der Waals surface area contributed by atoms with E-state index in [4.69, 9.17) is 27.7 Å². The smallest absolute Gasteiger partial charge is 0.231 e. The molecule has 0 bridgehead atoms. The number of aryl methyl sites for hydroxylation is 1. The van der Waals surface area contributed by atoms with Crippen molar-refractivity contribution in [3.8, 4) is 0 Å². The number of carbonyl (C=O) groups excluding carboxylic acids is 2. The Morgan fingerprint density at radius 3 is 2.87 bits per heavy atom. The zero-order valence-electron chi connectivity index (χ0n) is 12.2. The van der Waals surface area contributed by atoms with Crippen LogP contribution in [0.15, 0.2) is 28.8 Å². The summed E-state index contributed by atoms with van der Waals surface area (Å²) in [7, 11) is 0. The van der Waals surface area contributed by atoms with Gasteiger partial charge in [0.1, 0.15) is 5.76 Å². The first kappa shape index (κ1) is 15.8. The molecular formula is C15H13Cl2N3O3. The number of anilines is 2. The molecular weight excluding hydrogens is 341 g/mol. The van der Waals surface area contributed by atoms with E-state index in [0.717, 1.165) is 0 Å². The first-order valence-corrected chi connectivity index (χ1v) is 7.69. The van der Waals surface area contributed by atoms with Gasteiger partial charge in [-0.2, -0.15) is 0 Å². The van der Waals surface area contributed by atoms with E-state index in [1.54, 1.807) is 31.2 Å². The van der Waals surface area contributed by atoms with Crippen LogP contribution in [-0.2, 0) is 9.59 Å². The van der Waals surface area contributed by atoms with Gasteiger partial charge in [-0.05, 0) is 25.1 Å². The van der Waals surface area contributed by atoms with Crippen molar-refractivity contribution < 1.29 is 14.1 Å². The lowest BCUT2D eigenvalue weighted by Crippen LogP contribution is -2.28. The van der Waals surface area contributed by atoms with Gasteiger partial charge in [0.2, 0.25) is 11.8 Å². The highest BCUT2D eigenvalue weighted by Gasteiger charge is 2.36. The Kier molecular flexibility index (Phi) is 4.28. The van der Waals surface area contributed by atoms with E-state index >= 15 is 0 Å². The molecule has 0 aliphatic carbocycles. The highest BCUT2D eigenvalue weighted by Crippen LogP contribution is 2.33. The van der Waals surface area contributed by atoms with Gasteiger partial charge in [-0.1, -0.05) is 28.4 Å². The van der Waals surface area contributed by atoms with Gasteiger partial charge in [-0.25, -0.2) is 0 Å². The molecule has 0 spiro atoms. The zero-order valence-corrected chi connectivity index (χ0v) is 13.7. The molecule has 23 heavy (non-hydrogen) atoms. The fraction of sp³-hybridized carbons (Fsp3) is 0.267. The van der Waals surface area contributed by atoms with Gasteiger partial charge in [0, 0.05) is 24.1 Å². The van der Waals surface area contributed by atoms with Crippen molar-refractivity contribution in [3.63, 3.8) is 0 Å². The molecule has 1 aliphatic rings. The van der Waals surface area contributed by atoms with Gasteiger partial charge >= 0.3 is 0 Å². The molecule has 0 radical (unpaired) electrons. The monoisotopic (exact) mass is 353 g/mol. The maximum atomic E-state index is 12.3. The van der Waals surface area contributed by atoms with Crippen LogP contribution in [0.4, 0.5) is 11.5 Å². The second kappa shape index (κ2) is 6.22. The number of rotatable bonds is 3. The van der Waals surface area contributed by atoms with E-state index in [0.29, 0.717) is 27.3 Å². The van der Waals surface area contributed by atoms with Crippen molar-refractivity contribution in [2.45, 2.75) is 13.3 Å². The molecule has 1 saturated heterocycles. The largest absolute Gasteiger partial charge is 0.360 e. The first-order valence-electron chi connectivity index (χ1n) is 6.93. The Labute approximate surface area is 142 Å². The first-order chi connectivity index (χ1) is 10.9. The summed E-state index contributed by atoms with van der Waals surface area (Å²) in [5.41, 5.74) is 0.511. The molecule has 1 N–H and O–H groups in total. The van der Waals surface area contributed by atoms with Crippen molar-refractivity contribution in [1.29, 1.82) is 0 Å². The molecule has 8 heteroatoms. The molecule has 6 nitrogen and oxygen atoms in total. The average Bonchev–Trinajstić information content (AvgIpc) is 3.08. The standard InChI is InChI=1S/C15H13Cl2N3O3/c1-8-4-13(19-23-8)18-15(22)9-5-14(21)20(7-9)12-6-10(16)2-3-11(12)17/h2-4,6,9H,5,7H2,1H3,(H,18,19,22)/t9-/m0/s1. The van der Waals surface area contributed by atoms with E-state index in [2.05, 4.69) is 10.5 Å². The number of nitrogens with zero attached hydrogens (tertiary/aromatic N) is 2. The highest BCUT2D eigenvalue weighted by molar-refractivity contribution is 6.36. The summed E-state index contributed by atoms with van der Waals surface area (Å²) in [6.07, 6.45) is 0.103. The Bertz CT molecular complexity index is 775. The summed E-state index contributed by atoms with van der Waals surface area (Å²) in [6.45, 7) is 1.96. The predicted octanol–water partition coefficient (Wildman–Crippen LogP) is 3.28. The van der Waals surface area contributed by atoms with Crippen LogP contribution < -0.4 is 10.2 Å². The van der Waals surface area contributed by atoms with Crippen LogP contribution in [0.3, 0.4) is 0 Å². The molecule has 1 aromatic heterocycles. The van der Waals surface area contributed by atoms with Gasteiger partial charge in [0.15, 0.2) is 5.82 Å². The van der Waals surface area contributed by atoms with E-state index in [-0.39, 0.29) is 24.8 Å². The van der Waals surface area contributed by atoms with Gasteiger partial charge in [-0.15, -0.1) is 0 Å². The SMILES string of the molecule is Cc1cc(NC(=O)[C@H]2CC(=O)N(c3cc(Cl)ccc3Cl)C2)no1. The van der Waals surface area contributed by atoms with Gasteiger partial charge in [-0.3, -0.25) is 9.59 Å². The Morgan fingerprint density at radius 1 is 1.39 bits per heavy atom. The lowest BCUT2D eigenvalue weighted by molar-refractivity contribution is -0.122. The molecule has 1 aliphatic heterocycles. The number of aromatic nitrogens is 1. The molecule has 2 heterocycles. The minimum atomic E-state index is -0.491. The second-order valence-electron chi connectivity index (χ2n) is 5.31. The summed E-state index contributed by atoms with van der Waals surface area (Å²) in [5, 5.41) is 7.23. The molecule has 1 aromatic carbocycles. The summed E-state index contributed by atoms with van der Waals surface area (Å²) in [5.74, 6) is -0.0261. The highest BCUT2D eigenvalue weighted by atomic mass is 35.5. The molecule has 0 unspecified atom stereocenters. The van der Waals surface area contributed by atoms with Crippen LogP contribution in [0, 0.1) is 12.8 Å². The van der Waals surface area contributed by atoms with Crippen LogP contribution >= 0.6 is 23.2 Å². The molecule has 2 aromatic rings.